The van der Waals surface area contributed by atoms with E-state index in [2.05, 4.69) is 5.32 Å². The zero-order valence-corrected chi connectivity index (χ0v) is 21.1. The van der Waals surface area contributed by atoms with E-state index in [1.165, 1.54) is 0 Å². The number of Topliss-reactive ketones (excluding diaryl/α,β-unsaturated/α-hetero) is 1. The Hall–Kier alpha value is -3.06. The van der Waals surface area contributed by atoms with Crippen LogP contribution in [0.3, 0.4) is 0 Å². The van der Waals surface area contributed by atoms with Crippen molar-refractivity contribution >= 4 is 23.1 Å². The van der Waals surface area contributed by atoms with Crippen LogP contribution in [0.15, 0.2) is 58.3 Å². The molecule has 4 rings (SSSR count). The average molecular weight is 482 g/mol. The molecule has 0 saturated carbocycles. The van der Waals surface area contributed by atoms with Crippen molar-refractivity contribution in [1.29, 1.82) is 0 Å². The van der Waals surface area contributed by atoms with Crippen LogP contribution in [0, 0.1) is 0 Å². The molecule has 1 aromatic heterocycles. The topological polar surface area (TPSA) is 73.9 Å². The zero-order valence-electron chi connectivity index (χ0n) is 20.3. The lowest BCUT2D eigenvalue weighted by atomic mass is 9.73. The van der Waals surface area contributed by atoms with E-state index < -0.39 is 5.92 Å². The highest BCUT2D eigenvalue weighted by atomic mass is 32.1. The number of methoxy groups -OCH3 is 2. The lowest BCUT2D eigenvalue weighted by Crippen LogP contribution is -2.36. The molecule has 3 atom stereocenters. The molecule has 7 heteroatoms. The van der Waals surface area contributed by atoms with E-state index >= 15 is 0 Å². The van der Waals surface area contributed by atoms with E-state index in [0.717, 1.165) is 28.3 Å². The summed E-state index contributed by atoms with van der Waals surface area (Å²) < 4.78 is 16.5. The summed E-state index contributed by atoms with van der Waals surface area (Å²) in [6.07, 6.45) is 1.58. The van der Waals surface area contributed by atoms with Crippen LogP contribution in [0.5, 0.6) is 11.5 Å². The van der Waals surface area contributed by atoms with Crippen LogP contribution in [0.2, 0.25) is 0 Å². The first-order chi connectivity index (χ1) is 16.4. The number of hydrogen-bond donors (Lipinski definition) is 1. The van der Waals surface area contributed by atoms with Crippen LogP contribution in [0.25, 0.3) is 0 Å². The molecule has 1 aromatic carbocycles. The van der Waals surface area contributed by atoms with Gasteiger partial charge in [-0.1, -0.05) is 19.1 Å². The third-order valence-electron chi connectivity index (χ3n) is 6.64. The summed E-state index contributed by atoms with van der Waals surface area (Å²) >= 11 is 1.55. The molecule has 2 aliphatic rings. The molecule has 180 valence electrons. The van der Waals surface area contributed by atoms with Gasteiger partial charge in [-0.25, -0.2) is 4.79 Å². The molecule has 1 aliphatic carbocycles. The van der Waals surface area contributed by atoms with E-state index in [9.17, 15) is 9.59 Å². The fourth-order valence-corrected chi connectivity index (χ4v) is 5.56. The third kappa shape index (κ3) is 4.49. The number of nitrogens with one attached hydrogen (secondary N) is 1. The number of rotatable bonds is 7. The second kappa shape index (κ2) is 10.1. The molecular formula is C27H31NO5S. The van der Waals surface area contributed by atoms with Gasteiger partial charge >= 0.3 is 5.97 Å². The second-order valence-corrected chi connectivity index (χ2v) is 9.75. The number of benzene rings is 1. The Balaban J connectivity index is 1.72. The molecule has 6 nitrogen and oxygen atoms in total. The number of carbonyl (C=O) groups excluding carboxylic acids is 2. The Morgan fingerprint density at radius 1 is 1.18 bits per heavy atom. The van der Waals surface area contributed by atoms with Crippen LogP contribution in [0.4, 0.5) is 0 Å². The molecule has 0 radical (unpaired) electrons. The Bertz CT molecular complexity index is 1150. The van der Waals surface area contributed by atoms with Gasteiger partial charge in [0.1, 0.15) is 0 Å². The Labute approximate surface area is 204 Å². The van der Waals surface area contributed by atoms with Crippen molar-refractivity contribution in [3.05, 3.63) is 68.7 Å². The highest BCUT2D eigenvalue weighted by Gasteiger charge is 2.42. The molecule has 1 N–H and O–H groups in total. The highest BCUT2D eigenvalue weighted by Crippen LogP contribution is 2.47. The number of hydrogen-bond acceptors (Lipinski definition) is 7. The predicted octanol–water partition coefficient (Wildman–Crippen LogP) is 5.47. The first-order valence-corrected chi connectivity index (χ1v) is 12.5. The number of allylic oxidation sites excluding steroid dienone is 3. The van der Waals surface area contributed by atoms with Crippen molar-refractivity contribution < 1.29 is 23.8 Å². The molecule has 0 saturated heterocycles. The lowest BCUT2D eigenvalue weighted by molar-refractivity contribution is -0.143. The normalized spacial score (nSPS) is 21.0. The first kappa shape index (κ1) is 24.1. The van der Waals surface area contributed by atoms with Crippen molar-refractivity contribution in [2.45, 2.75) is 58.0 Å². The number of esters is 1. The molecule has 0 unspecified atom stereocenters. The van der Waals surface area contributed by atoms with Crippen molar-refractivity contribution in [3.63, 3.8) is 0 Å². The van der Waals surface area contributed by atoms with Crippen LogP contribution in [-0.2, 0) is 14.3 Å². The maximum atomic E-state index is 13.6. The molecule has 0 spiro atoms. The quantitative estimate of drug-likeness (QED) is 0.529. The predicted molar refractivity (Wildman–Crippen MR) is 132 cm³/mol. The summed E-state index contributed by atoms with van der Waals surface area (Å²) in [4.78, 5) is 27.8. The van der Waals surface area contributed by atoms with E-state index in [1.54, 1.807) is 25.6 Å². The number of dihydropyridines is 1. The van der Waals surface area contributed by atoms with Gasteiger partial charge in [0.2, 0.25) is 0 Å². The minimum atomic E-state index is -0.411. The third-order valence-corrected chi connectivity index (χ3v) is 7.57. The van der Waals surface area contributed by atoms with Gasteiger partial charge in [0.05, 0.1) is 31.8 Å². The van der Waals surface area contributed by atoms with Gasteiger partial charge in [0.15, 0.2) is 17.3 Å². The van der Waals surface area contributed by atoms with Crippen molar-refractivity contribution in [3.8, 4) is 11.5 Å². The zero-order chi connectivity index (χ0) is 24.4. The maximum absolute atomic E-state index is 13.6. The molecule has 0 bridgehead atoms. The van der Waals surface area contributed by atoms with E-state index in [4.69, 9.17) is 14.2 Å². The van der Waals surface area contributed by atoms with Gasteiger partial charge in [0.25, 0.3) is 0 Å². The Morgan fingerprint density at radius 2 is 1.94 bits per heavy atom. The van der Waals surface area contributed by atoms with Gasteiger partial charge in [-0.15, -0.1) is 11.3 Å². The minimum absolute atomic E-state index is 0.00366. The van der Waals surface area contributed by atoms with E-state index in [0.29, 0.717) is 35.5 Å². The van der Waals surface area contributed by atoms with Crippen LogP contribution >= 0.6 is 11.3 Å². The monoisotopic (exact) mass is 481 g/mol. The van der Waals surface area contributed by atoms with Crippen LogP contribution < -0.4 is 14.8 Å². The molecular weight excluding hydrogens is 450 g/mol. The SMILES string of the molecule is CC[C@@H](C)OC(=O)C1=C(C)NC2=C(C(=O)C[C@@H](c3ccc(OC)c(OC)c3)C2)[C@H]1c1cccs1. The van der Waals surface area contributed by atoms with Crippen molar-refractivity contribution in [2.24, 2.45) is 0 Å². The average Bonchev–Trinajstić information content (AvgIpc) is 3.37. The van der Waals surface area contributed by atoms with Crippen LogP contribution in [-0.4, -0.2) is 32.1 Å². The Morgan fingerprint density at radius 3 is 2.59 bits per heavy atom. The van der Waals surface area contributed by atoms with E-state index in [-0.39, 0.29) is 23.8 Å². The second-order valence-electron chi connectivity index (χ2n) is 8.77. The summed E-state index contributed by atoms with van der Waals surface area (Å²) in [5.74, 6) is 0.583. The largest absolute Gasteiger partial charge is 0.493 e. The number of carbonyl (C=O) groups is 2. The number of ether oxygens (including phenoxy) is 3. The van der Waals surface area contributed by atoms with Gasteiger partial charge in [-0.3, -0.25) is 4.79 Å². The number of ketones is 1. The van der Waals surface area contributed by atoms with Gasteiger partial charge in [-0.05, 0) is 61.7 Å². The smallest absolute Gasteiger partial charge is 0.337 e. The standard InChI is InChI=1S/C27H31NO5S/c1-6-15(2)33-27(30)24-16(3)28-19-12-18(17-9-10-21(31-4)22(14-17)32-5)13-20(29)25(19)26(24)23-8-7-11-34-23/h7-11,14-15,18,26,28H,6,12-13H2,1-5H3/t15-,18+,26+/m1/s1. The van der Waals surface area contributed by atoms with Crippen LogP contribution in [0.1, 0.15) is 62.3 Å². The minimum Gasteiger partial charge on any atom is -0.493 e. The van der Waals surface area contributed by atoms with Gasteiger partial charge < -0.3 is 19.5 Å². The summed E-state index contributed by atoms with van der Waals surface area (Å²) in [7, 11) is 3.21. The first-order valence-electron chi connectivity index (χ1n) is 11.6. The molecule has 2 heterocycles. The molecule has 0 amide bonds. The van der Waals surface area contributed by atoms with Crippen molar-refractivity contribution in [2.75, 3.05) is 14.2 Å². The van der Waals surface area contributed by atoms with Gasteiger partial charge in [-0.2, -0.15) is 0 Å². The Kier molecular flexibility index (Phi) is 7.12. The summed E-state index contributed by atoms with van der Waals surface area (Å²) in [5.41, 5.74) is 3.86. The fraction of sp³-hybridized carbons (Fsp3) is 0.407. The molecule has 1 aliphatic heterocycles. The molecule has 2 aromatic rings. The van der Waals surface area contributed by atoms with Crippen molar-refractivity contribution in [1.82, 2.24) is 5.32 Å². The van der Waals surface area contributed by atoms with E-state index in [1.807, 2.05) is 56.5 Å². The molecule has 34 heavy (non-hydrogen) atoms. The summed E-state index contributed by atoms with van der Waals surface area (Å²) in [5, 5.41) is 5.38. The summed E-state index contributed by atoms with van der Waals surface area (Å²) in [6.45, 7) is 5.76. The summed E-state index contributed by atoms with van der Waals surface area (Å²) in [6, 6.07) is 9.75. The fourth-order valence-electron chi connectivity index (χ4n) is 4.72. The van der Waals surface area contributed by atoms with Gasteiger partial charge in [0, 0.05) is 28.3 Å². The lowest BCUT2D eigenvalue weighted by Gasteiger charge is -2.36. The number of thiophene rings is 1. The maximum Gasteiger partial charge on any atom is 0.337 e. The molecule has 0 fully saturated rings. The highest BCUT2D eigenvalue weighted by molar-refractivity contribution is 7.10.